The molecule has 0 spiro atoms. The lowest BCUT2D eigenvalue weighted by molar-refractivity contribution is -0.124. The Kier molecular flexibility index (Phi) is 4.08. The molecule has 2 N–H and O–H groups in total. The second-order valence-corrected chi connectivity index (χ2v) is 6.14. The van der Waals surface area contributed by atoms with Gasteiger partial charge in [0.05, 0.1) is 13.7 Å². The van der Waals surface area contributed by atoms with Gasteiger partial charge in [-0.05, 0) is 32.0 Å². The summed E-state index contributed by atoms with van der Waals surface area (Å²) in [6.07, 6.45) is 1.59. The van der Waals surface area contributed by atoms with E-state index in [1.165, 1.54) is 11.7 Å². The summed E-state index contributed by atoms with van der Waals surface area (Å²) in [4.78, 5) is 37.0. The summed E-state index contributed by atoms with van der Waals surface area (Å²) in [5.41, 5.74) is 0.319. The maximum atomic E-state index is 12.7. The molecule has 1 aliphatic heterocycles. The van der Waals surface area contributed by atoms with Gasteiger partial charge in [0.2, 0.25) is 0 Å². The van der Waals surface area contributed by atoms with Crippen LogP contribution in [-0.2, 0) is 16.9 Å². The highest BCUT2D eigenvalue weighted by molar-refractivity contribution is 6.07. The van der Waals surface area contributed by atoms with Crippen LogP contribution in [0.2, 0.25) is 0 Å². The zero-order valence-electron chi connectivity index (χ0n) is 14.3. The van der Waals surface area contributed by atoms with Crippen molar-refractivity contribution in [2.24, 2.45) is 0 Å². The zero-order chi connectivity index (χ0) is 18.2. The Hall–Kier alpha value is -3.09. The Labute approximate surface area is 144 Å². The second-order valence-electron chi connectivity index (χ2n) is 6.14. The molecule has 7 heteroatoms. The van der Waals surface area contributed by atoms with Crippen LogP contribution in [0.1, 0.15) is 16.7 Å². The number of rotatable bonds is 4. The third-order valence-electron chi connectivity index (χ3n) is 4.37. The lowest BCUT2D eigenvalue weighted by atomic mass is 9.87. The van der Waals surface area contributed by atoms with Crippen molar-refractivity contribution in [1.29, 1.82) is 0 Å². The molecule has 3 rings (SSSR count). The predicted molar refractivity (Wildman–Crippen MR) is 91.5 cm³/mol. The topological polar surface area (TPSA) is 89.4 Å². The van der Waals surface area contributed by atoms with E-state index in [0.717, 1.165) is 5.56 Å². The van der Waals surface area contributed by atoms with Crippen molar-refractivity contribution < 1.29 is 14.3 Å². The number of urea groups is 1. The molecule has 1 fully saturated rings. The number of hydrogen-bond donors (Lipinski definition) is 2. The largest absolute Gasteiger partial charge is 0.496 e. The maximum Gasteiger partial charge on any atom is 0.322 e. The summed E-state index contributed by atoms with van der Waals surface area (Å²) in [5, 5.41) is 4.96. The normalized spacial score (nSPS) is 19.5. The van der Waals surface area contributed by atoms with E-state index >= 15 is 0 Å². The fraction of sp³-hybridized carbons (Fsp3) is 0.278. The number of hydrogen-bond acceptors (Lipinski definition) is 4. The fourth-order valence-corrected chi connectivity index (χ4v) is 3.07. The van der Waals surface area contributed by atoms with E-state index in [2.05, 4.69) is 10.6 Å². The van der Waals surface area contributed by atoms with Gasteiger partial charge >= 0.3 is 6.03 Å². The number of nitrogens with one attached hydrogen (secondary N) is 2. The number of pyridine rings is 1. The third kappa shape index (κ3) is 2.77. The average molecular weight is 341 g/mol. The SMILES string of the molecule is COc1ccc(C)cc1C1(Cn2cccc(C)c2=O)NC(=O)NC1=O. The number of carbonyl (C=O) groups is 2. The van der Waals surface area contributed by atoms with Crippen LogP contribution < -0.4 is 20.9 Å². The van der Waals surface area contributed by atoms with Crippen molar-refractivity contribution in [1.82, 2.24) is 15.2 Å². The summed E-state index contributed by atoms with van der Waals surface area (Å²) in [5.74, 6) is -0.0570. The van der Waals surface area contributed by atoms with E-state index in [0.29, 0.717) is 16.9 Å². The molecule has 25 heavy (non-hydrogen) atoms. The Morgan fingerprint density at radius 3 is 2.56 bits per heavy atom. The fourth-order valence-electron chi connectivity index (χ4n) is 3.07. The third-order valence-corrected chi connectivity index (χ3v) is 4.37. The number of aromatic nitrogens is 1. The van der Waals surface area contributed by atoms with Crippen LogP contribution in [0.4, 0.5) is 4.79 Å². The first-order valence-electron chi connectivity index (χ1n) is 7.82. The van der Waals surface area contributed by atoms with Crippen LogP contribution in [0, 0.1) is 13.8 Å². The molecular weight excluding hydrogens is 322 g/mol. The molecule has 0 saturated carbocycles. The van der Waals surface area contributed by atoms with Gasteiger partial charge < -0.3 is 14.6 Å². The van der Waals surface area contributed by atoms with E-state index in [1.807, 2.05) is 13.0 Å². The smallest absolute Gasteiger partial charge is 0.322 e. The maximum absolute atomic E-state index is 12.7. The Morgan fingerprint density at radius 2 is 1.92 bits per heavy atom. The van der Waals surface area contributed by atoms with E-state index in [-0.39, 0.29) is 12.1 Å². The monoisotopic (exact) mass is 341 g/mol. The summed E-state index contributed by atoms with van der Waals surface area (Å²) >= 11 is 0. The predicted octanol–water partition coefficient (Wildman–Crippen LogP) is 1.21. The van der Waals surface area contributed by atoms with Gasteiger partial charge in [-0.1, -0.05) is 17.7 Å². The molecule has 1 unspecified atom stereocenters. The first kappa shape index (κ1) is 16.8. The molecule has 1 aliphatic rings. The van der Waals surface area contributed by atoms with Gasteiger partial charge in [-0.3, -0.25) is 14.9 Å². The van der Waals surface area contributed by atoms with Crippen LogP contribution in [0.5, 0.6) is 5.75 Å². The first-order valence-corrected chi connectivity index (χ1v) is 7.82. The lowest BCUT2D eigenvalue weighted by Gasteiger charge is -2.29. The van der Waals surface area contributed by atoms with Gasteiger partial charge in [0.15, 0.2) is 5.54 Å². The lowest BCUT2D eigenvalue weighted by Crippen LogP contribution is -2.49. The van der Waals surface area contributed by atoms with E-state index in [9.17, 15) is 14.4 Å². The molecule has 1 atom stereocenters. The van der Waals surface area contributed by atoms with Gasteiger partial charge in [0.25, 0.3) is 11.5 Å². The molecular formula is C18H19N3O4. The molecule has 0 aliphatic carbocycles. The van der Waals surface area contributed by atoms with Crippen molar-refractivity contribution >= 4 is 11.9 Å². The van der Waals surface area contributed by atoms with Crippen molar-refractivity contribution in [2.45, 2.75) is 25.9 Å². The standard InChI is InChI=1S/C18H19N3O4/c1-11-6-7-14(25-3)13(9-11)18(16(23)19-17(24)20-18)10-21-8-4-5-12(2)15(21)22/h4-9H,10H2,1-3H3,(H2,19,20,23,24). The Morgan fingerprint density at radius 1 is 1.16 bits per heavy atom. The van der Waals surface area contributed by atoms with Gasteiger partial charge in [-0.15, -0.1) is 0 Å². The van der Waals surface area contributed by atoms with Crippen molar-refractivity contribution in [3.63, 3.8) is 0 Å². The molecule has 130 valence electrons. The number of aryl methyl sites for hydroxylation is 2. The number of amides is 3. The number of ether oxygens (including phenoxy) is 1. The van der Waals surface area contributed by atoms with Crippen molar-refractivity contribution in [2.75, 3.05) is 7.11 Å². The number of methoxy groups -OCH3 is 1. The highest BCUT2D eigenvalue weighted by atomic mass is 16.5. The van der Waals surface area contributed by atoms with Gasteiger partial charge in [-0.25, -0.2) is 4.79 Å². The quantitative estimate of drug-likeness (QED) is 0.818. The molecule has 2 heterocycles. The highest BCUT2D eigenvalue weighted by Crippen LogP contribution is 2.34. The van der Waals surface area contributed by atoms with Gasteiger partial charge in [0, 0.05) is 17.3 Å². The van der Waals surface area contributed by atoms with E-state index in [1.54, 1.807) is 37.4 Å². The van der Waals surface area contributed by atoms with E-state index in [4.69, 9.17) is 4.74 Å². The summed E-state index contributed by atoms with van der Waals surface area (Å²) in [6.45, 7) is 3.54. The molecule has 1 saturated heterocycles. The molecule has 1 aromatic heterocycles. The molecule has 2 aromatic rings. The van der Waals surface area contributed by atoms with Gasteiger partial charge in [0.1, 0.15) is 5.75 Å². The molecule has 7 nitrogen and oxygen atoms in total. The number of nitrogens with zero attached hydrogens (tertiary/aromatic N) is 1. The number of benzene rings is 1. The first-order chi connectivity index (χ1) is 11.9. The Balaban J connectivity index is 2.21. The molecule has 3 amide bonds. The summed E-state index contributed by atoms with van der Waals surface area (Å²) < 4.78 is 6.81. The van der Waals surface area contributed by atoms with E-state index < -0.39 is 17.5 Å². The van der Waals surface area contributed by atoms with Crippen LogP contribution in [0.15, 0.2) is 41.3 Å². The van der Waals surface area contributed by atoms with Gasteiger partial charge in [-0.2, -0.15) is 0 Å². The van der Waals surface area contributed by atoms with Crippen LogP contribution in [0.25, 0.3) is 0 Å². The minimum atomic E-state index is -1.42. The average Bonchev–Trinajstić information content (AvgIpc) is 2.86. The van der Waals surface area contributed by atoms with Crippen molar-refractivity contribution in [3.8, 4) is 5.75 Å². The minimum absolute atomic E-state index is 0.0368. The minimum Gasteiger partial charge on any atom is -0.496 e. The highest BCUT2D eigenvalue weighted by Gasteiger charge is 2.50. The summed E-state index contributed by atoms with van der Waals surface area (Å²) in [7, 11) is 1.50. The Bertz CT molecular complexity index is 919. The second kappa shape index (κ2) is 6.08. The van der Waals surface area contributed by atoms with Crippen LogP contribution in [0.3, 0.4) is 0 Å². The number of imide groups is 1. The zero-order valence-corrected chi connectivity index (χ0v) is 14.3. The number of carbonyl (C=O) groups excluding carboxylic acids is 2. The molecule has 0 bridgehead atoms. The van der Waals surface area contributed by atoms with Crippen LogP contribution in [-0.4, -0.2) is 23.6 Å². The summed E-state index contributed by atoms with van der Waals surface area (Å²) in [6, 6.07) is 8.20. The molecule has 0 radical (unpaired) electrons. The van der Waals surface area contributed by atoms with Crippen molar-refractivity contribution in [3.05, 3.63) is 63.6 Å². The van der Waals surface area contributed by atoms with Crippen LogP contribution >= 0.6 is 0 Å². The molecule has 1 aromatic carbocycles.